The van der Waals surface area contributed by atoms with Crippen molar-refractivity contribution >= 4 is 33.2 Å². The molecule has 1 aliphatic rings. The first-order valence-corrected chi connectivity index (χ1v) is 7.67. The minimum atomic E-state index is 0.276. The van der Waals surface area contributed by atoms with Crippen molar-refractivity contribution in [1.82, 2.24) is 4.90 Å². The van der Waals surface area contributed by atoms with Crippen molar-refractivity contribution < 1.29 is 4.79 Å². The number of amides is 1. The Hall–Kier alpha value is -0.350. The van der Waals surface area contributed by atoms with E-state index < -0.39 is 0 Å². The average molecular weight is 316 g/mol. The molecule has 0 spiro atoms. The van der Waals surface area contributed by atoms with Gasteiger partial charge in [0.15, 0.2) is 0 Å². The number of hydrogen-bond donors (Lipinski definition) is 0. The number of carbonyl (C=O) groups is 1. The van der Waals surface area contributed by atoms with Crippen LogP contribution in [0.2, 0.25) is 0 Å². The van der Waals surface area contributed by atoms with E-state index in [1.54, 1.807) is 11.3 Å². The smallest absolute Gasteiger partial charge is 0.227 e. The van der Waals surface area contributed by atoms with E-state index in [4.69, 9.17) is 0 Å². The SMILES string of the molecule is CC1CC(C)CN(C(=O)Cc2ccc(Br)s2)C1. The third-order valence-electron chi connectivity index (χ3n) is 3.18. The van der Waals surface area contributed by atoms with Crippen LogP contribution in [0.3, 0.4) is 0 Å². The molecule has 2 unspecified atom stereocenters. The fourth-order valence-electron chi connectivity index (χ4n) is 2.57. The zero-order valence-corrected chi connectivity index (χ0v) is 12.7. The second-order valence-electron chi connectivity index (χ2n) is 5.13. The van der Waals surface area contributed by atoms with Crippen LogP contribution in [-0.4, -0.2) is 23.9 Å². The van der Waals surface area contributed by atoms with Crippen molar-refractivity contribution in [3.63, 3.8) is 0 Å². The van der Waals surface area contributed by atoms with Crippen molar-refractivity contribution in [1.29, 1.82) is 0 Å². The molecule has 94 valence electrons. The van der Waals surface area contributed by atoms with Crippen LogP contribution in [-0.2, 0) is 11.2 Å². The van der Waals surface area contributed by atoms with Crippen molar-refractivity contribution in [2.24, 2.45) is 11.8 Å². The second-order valence-corrected chi connectivity index (χ2v) is 7.67. The molecular formula is C13H18BrNOS. The number of halogens is 1. The van der Waals surface area contributed by atoms with Crippen LogP contribution < -0.4 is 0 Å². The minimum Gasteiger partial charge on any atom is -0.342 e. The highest BCUT2D eigenvalue weighted by Gasteiger charge is 2.25. The van der Waals surface area contributed by atoms with Gasteiger partial charge in [-0.2, -0.15) is 0 Å². The highest BCUT2D eigenvalue weighted by molar-refractivity contribution is 9.11. The highest BCUT2D eigenvalue weighted by atomic mass is 79.9. The van der Waals surface area contributed by atoms with Crippen LogP contribution in [0.5, 0.6) is 0 Å². The minimum absolute atomic E-state index is 0.276. The summed E-state index contributed by atoms with van der Waals surface area (Å²) < 4.78 is 1.10. The van der Waals surface area contributed by atoms with Gasteiger partial charge in [-0.3, -0.25) is 4.79 Å². The normalized spacial score (nSPS) is 25.0. The molecule has 0 bridgehead atoms. The molecule has 4 heteroatoms. The summed E-state index contributed by atoms with van der Waals surface area (Å²) in [4.78, 5) is 15.4. The number of nitrogens with zero attached hydrogens (tertiary/aromatic N) is 1. The van der Waals surface area contributed by atoms with Crippen molar-refractivity contribution in [3.05, 3.63) is 20.8 Å². The predicted molar refractivity (Wildman–Crippen MR) is 75.2 cm³/mol. The summed E-state index contributed by atoms with van der Waals surface area (Å²) in [6.45, 7) is 6.32. The molecule has 1 fully saturated rings. The molecule has 1 amide bonds. The van der Waals surface area contributed by atoms with E-state index in [-0.39, 0.29) is 5.91 Å². The molecule has 0 saturated carbocycles. The van der Waals surface area contributed by atoms with Gasteiger partial charge in [-0.1, -0.05) is 13.8 Å². The maximum Gasteiger partial charge on any atom is 0.227 e. The Bertz CT molecular complexity index is 394. The molecule has 2 atom stereocenters. The van der Waals surface area contributed by atoms with Crippen molar-refractivity contribution in [2.45, 2.75) is 26.7 Å². The molecule has 2 nitrogen and oxygen atoms in total. The fraction of sp³-hybridized carbons (Fsp3) is 0.615. The van der Waals surface area contributed by atoms with E-state index in [1.165, 1.54) is 6.42 Å². The lowest BCUT2D eigenvalue weighted by atomic mass is 9.92. The Balaban J connectivity index is 1.95. The molecule has 0 N–H and O–H groups in total. The molecule has 17 heavy (non-hydrogen) atoms. The number of piperidine rings is 1. The Kier molecular flexibility index (Phi) is 4.26. The van der Waals surface area contributed by atoms with Gasteiger partial charge in [-0.25, -0.2) is 0 Å². The summed E-state index contributed by atoms with van der Waals surface area (Å²) in [5.41, 5.74) is 0. The Morgan fingerprint density at radius 1 is 1.41 bits per heavy atom. The molecule has 2 rings (SSSR count). The number of thiophene rings is 1. The van der Waals surface area contributed by atoms with E-state index in [2.05, 4.69) is 29.8 Å². The van der Waals surface area contributed by atoms with Gasteiger partial charge in [0.05, 0.1) is 10.2 Å². The number of rotatable bonds is 2. The van der Waals surface area contributed by atoms with E-state index in [9.17, 15) is 4.79 Å². The molecule has 0 aromatic carbocycles. The topological polar surface area (TPSA) is 20.3 Å². The van der Waals surface area contributed by atoms with Crippen LogP contribution in [0, 0.1) is 11.8 Å². The number of carbonyl (C=O) groups excluding carboxylic acids is 1. The zero-order valence-electron chi connectivity index (χ0n) is 10.3. The number of likely N-dealkylation sites (tertiary alicyclic amines) is 1. The lowest BCUT2D eigenvalue weighted by Crippen LogP contribution is -2.43. The molecule has 0 aliphatic carbocycles. The lowest BCUT2D eigenvalue weighted by Gasteiger charge is -2.35. The van der Waals surface area contributed by atoms with Gasteiger partial charge in [-0.05, 0) is 46.3 Å². The quantitative estimate of drug-likeness (QED) is 0.817. The summed E-state index contributed by atoms with van der Waals surface area (Å²) in [5, 5.41) is 0. The largest absolute Gasteiger partial charge is 0.342 e. The first-order valence-electron chi connectivity index (χ1n) is 6.06. The molecule has 1 aromatic rings. The van der Waals surface area contributed by atoms with Crippen LogP contribution in [0.4, 0.5) is 0 Å². The predicted octanol–water partition coefficient (Wildman–Crippen LogP) is 3.56. The van der Waals surface area contributed by atoms with Crippen LogP contribution in [0.1, 0.15) is 25.1 Å². The Morgan fingerprint density at radius 2 is 2.06 bits per heavy atom. The molecule has 2 heterocycles. The lowest BCUT2D eigenvalue weighted by molar-refractivity contribution is -0.133. The molecular weight excluding hydrogens is 298 g/mol. The first-order chi connectivity index (χ1) is 8.04. The van der Waals surface area contributed by atoms with Gasteiger partial charge in [0, 0.05) is 18.0 Å². The van der Waals surface area contributed by atoms with Gasteiger partial charge in [0.25, 0.3) is 0 Å². The van der Waals surface area contributed by atoms with Gasteiger partial charge in [-0.15, -0.1) is 11.3 Å². The summed E-state index contributed by atoms with van der Waals surface area (Å²) in [6.07, 6.45) is 1.80. The Morgan fingerprint density at radius 3 is 2.59 bits per heavy atom. The maximum absolute atomic E-state index is 12.2. The van der Waals surface area contributed by atoms with E-state index in [0.29, 0.717) is 18.3 Å². The van der Waals surface area contributed by atoms with Gasteiger partial charge >= 0.3 is 0 Å². The van der Waals surface area contributed by atoms with E-state index >= 15 is 0 Å². The van der Waals surface area contributed by atoms with Crippen LogP contribution in [0.15, 0.2) is 15.9 Å². The third-order valence-corrected chi connectivity index (χ3v) is 4.80. The summed E-state index contributed by atoms with van der Waals surface area (Å²) in [5.74, 6) is 1.55. The maximum atomic E-state index is 12.2. The van der Waals surface area contributed by atoms with E-state index in [1.807, 2.05) is 17.0 Å². The zero-order chi connectivity index (χ0) is 12.4. The van der Waals surface area contributed by atoms with Crippen LogP contribution >= 0.6 is 27.3 Å². The fourth-order valence-corrected chi connectivity index (χ4v) is 4.05. The third kappa shape index (κ3) is 3.55. The van der Waals surface area contributed by atoms with Gasteiger partial charge in [0.2, 0.25) is 5.91 Å². The molecule has 1 saturated heterocycles. The first kappa shape index (κ1) is 13.1. The van der Waals surface area contributed by atoms with Crippen LogP contribution in [0.25, 0.3) is 0 Å². The van der Waals surface area contributed by atoms with Crippen molar-refractivity contribution in [3.8, 4) is 0 Å². The summed E-state index contributed by atoms with van der Waals surface area (Å²) in [7, 11) is 0. The summed E-state index contributed by atoms with van der Waals surface area (Å²) in [6, 6.07) is 4.04. The van der Waals surface area contributed by atoms with Gasteiger partial charge < -0.3 is 4.90 Å². The summed E-state index contributed by atoms with van der Waals surface area (Å²) >= 11 is 5.08. The Labute approximate surface area is 115 Å². The molecule has 1 aromatic heterocycles. The molecule has 1 aliphatic heterocycles. The highest BCUT2D eigenvalue weighted by Crippen LogP contribution is 2.25. The van der Waals surface area contributed by atoms with Crippen molar-refractivity contribution in [2.75, 3.05) is 13.1 Å². The average Bonchev–Trinajstić information content (AvgIpc) is 2.62. The molecule has 0 radical (unpaired) electrons. The standard InChI is InChI=1S/C13H18BrNOS/c1-9-5-10(2)8-15(7-9)13(16)6-11-3-4-12(14)17-11/h3-4,9-10H,5-8H2,1-2H3. The monoisotopic (exact) mass is 315 g/mol. The van der Waals surface area contributed by atoms with Gasteiger partial charge in [0.1, 0.15) is 0 Å². The second kappa shape index (κ2) is 5.53. The van der Waals surface area contributed by atoms with E-state index in [0.717, 1.165) is 21.8 Å². The number of hydrogen-bond acceptors (Lipinski definition) is 2.